The SMILES string of the molecule is COc1ccc(SC(C)(C)O)cc1Cl. The van der Waals surface area contributed by atoms with Gasteiger partial charge in [-0.3, -0.25) is 0 Å². The molecule has 1 rings (SSSR count). The van der Waals surface area contributed by atoms with Crippen LogP contribution < -0.4 is 4.74 Å². The molecular weight excluding hydrogens is 220 g/mol. The maximum absolute atomic E-state index is 9.58. The van der Waals surface area contributed by atoms with Gasteiger partial charge < -0.3 is 9.84 Å². The molecule has 14 heavy (non-hydrogen) atoms. The van der Waals surface area contributed by atoms with Crippen LogP contribution in [0.15, 0.2) is 23.1 Å². The molecule has 4 heteroatoms. The molecule has 0 aromatic heterocycles. The fourth-order valence-corrected chi connectivity index (χ4v) is 2.21. The Labute approximate surface area is 93.2 Å². The third kappa shape index (κ3) is 3.40. The summed E-state index contributed by atoms with van der Waals surface area (Å²) in [5.41, 5.74) is 0. The molecule has 2 nitrogen and oxygen atoms in total. The fourth-order valence-electron chi connectivity index (χ4n) is 0.999. The van der Waals surface area contributed by atoms with Gasteiger partial charge in [0.15, 0.2) is 0 Å². The largest absolute Gasteiger partial charge is 0.495 e. The molecule has 0 saturated carbocycles. The first-order valence-corrected chi connectivity index (χ1v) is 5.37. The van der Waals surface area contributed by atoms with Crippen LogP contribution in [0.25, 0.3) is 0 Å². The van der Waals surface area contributed by atoms with Gasteiger partial charge in [-0.05, 0) is 32.0 Å². The molecule has 78 valence electrons. The Morgan fingerprint density at radius 2 is 2.07 bits per heavy atom. The van der Waals surface area contributed by atoms with E-state index >= 15 is 0 Å². The van der Waals surface area contributed by atoms with Crippen LogP contribution in [0.5, 0.6) is 5.75 Å². The summed E-state index contributed by atoms with van der Waals surface area (Å²) in [6.45, 7) is 3.46. The number of hydrogen-bond acceptors (Lipinski definition) is 3. The molecular formula is C10H13ClO2S. The van der Waals surface area contributed by atoms with E-state index in [-0.39, 0.29) is 0 Å². The second-order valence-electron chi connectivity index (χ2n) is 3.35. The van der Waals surface area contributed by atoms with Crippen molar-refractivity contribution < 1.29 is 9.84 Å². The molecule has 0 bridgehead atoms. The third-order valence-electron chi connectivity index (χ3n) is 1.49. The summed E-state index contributed by atoms with van der Waals surface area (Å²) < 4.78 is 5.03. The average molecular weight is 233 g/mol. The Kier molecular flexibility index (Phi) is 3.70. The van der Waals surface area contributed by atoms with Crippen molar-refractivity contribution in [3.8, 4) is 5.75 Å². The van der Waals surface area contributed by atoms with Crippen LogP contribution in [-0.2, 0) is 0 Å². The molecule has 0 aliphatic rings. The van der Waals surface area contributed by atoms with Crippen LogP contribution >= 0.6 is 23.4 Å². The highest BCUT2D eigenvalue weighted by Crippen LogP contribution is 2.34. The smallest absolute Gasteiger partial charge is 0.137 e. The van der Waals surface area contributed by atoms with Crippen molar-refractivity contribution in [1.82, 2.24) is 0 Å². The summed E-state index contributed by atoms with van der Waals surface area (Å²) in [5, 5.41) is 10.1. The van der Waals surface area contributed by atoms with Crippen molar-refractivity contribution in [2.24, 2.45) is 0 Å². The Hall–Kier alpha value is -0.380. The standard InChI is InChI=1S/C10H13ClO2S/c1-10(2,12)14-7-4-5-9(13-3)8(11)6-7/h4-6,12H,1-3H3. The first-order chi connectivity index (χ1) is 6.42. The minimum Gasteiger partial charge on any atom is -0.495 e. The van der Waals surface area contributed by atoms with Gasteiger partial charge in [0.05, 0.1) is 12.1 Å². The molecule has 0 fully saturated rings. The van der Waals surface area contributed by atoms with Crippen molar-refractivity contribution in [2.45, 2.75) is 23.7 Å². The molecule has 0 unspecified atom stereocenters. The topological polar surface area (TPSA) is 29.5 Å². The van der Waals surface area contributed by atoms with Crippen LogP contribution in [0.1, 0.15) is 13.8 Å². The van der Waals surface area contributed by atoms with Crippen LogP contribution in [0, 0.1) is 0 Å². The summed E-state index contributed by atoms with van der Waals surface area (Å²) >= 11 is 7.29. The lowest BCUT2D eigenvalue weighted by atomic mass is 10.3. The summed E-state index contributed by atoms with van der Waals surface area (Å²) in [4.78, 5) is 0.126. The molecule has 0 spiro atoms. The van der Waals surface area contributed by atoms with E-state index in [0.29, 0.717) is 10.8 Å². The van der Waals surface area contributed by atoms with Crippen LogP contribution in [0.2, 0.25) is 5.02 Å². The second kappa shape index (κ2) is 4.43. The summed E-state index contributed by atoms with van der Waals surface area (Å²) in [7, 11) is 1.57. The summed E-state index contributed by atoms with van der Waals surface area (Å²) in [5.74, 6) is 0.645. The molecule has 0 amide bonds. The number of halogens is 1. The monoisotopic (exact) mass is 232 g/mol. The minimum atomic E-state index is -0.794. The van der Waals surface area contributed by atoms with Gasteiger partial charge in [-0.15, -0.1) is 0 Å². The molecule has 0 heterocycles. The number of hydrogen-bond donors (Lipinski definition) is 1. The van der Waals surface area contributed by atoms with Gasteiger partial charge in [0.1, 0.15) is 10.7 Å². The zero-order valence-electron chi connectivity index (χ0n) is 8.37. The number of benzene rings is 1. The van der Waals surface area contributed by atoms with E-state index in [4.69, 9.17) is 16.3 Å². The number of aliphatic hydroxyl groups is 1. The van der Waals surface area contributed by atoms with Crippen LogP contribution in [0.3, 0.4) is 0 Å². The molecule has 1 N–H and O–H groups in total. The number of rotatable bonds is 3. The van der Waals surface area contributed by atoms with Gasteiger partial charge in [-0.25, -0.2) is 0 Å². The van der Waals surface area contributed by atoms with Gasteiger partial charge in [0.2, 0.25) is 0 Å². The zero-order chi connectivity index (χ0) is 10.8. The van der Waals surface area contributed by atoms with Gasteiger partial charge in [-0.2, -0.15) is 0 Å². The lowest BCUT2D eigenvalue weighted by Gasteiger charge is -2.16. The first kappa shape index (κ1) is 11.7. The highest BCUT2D eigenvalue weighted by molar-refractivity contribution is 8.00. The van der Waals surface area contributed by atoms with E-state index in [1.807, 2.05) is 6.07 Å². The van der Waals surface area contributed by atoms with Crippen molar-refractivity contribution >= 4 is 23.4 Å². The molecule has 0 aliphatic carbocycles. The lowest BCUT2D eigenvalue weighted by molar-refractivity contribution is 0.179. The molecule has 1 aromatic carbocycles. The van der Waals surface area contributed by atoms with Crippen LogP contribution in [-0.4, -0.2) is 17.1 Å². The zero-order valence-corrected chi connectivity index (χ0v) is 9.95. The summed E-state index contributed by atoms with van der Waals surface area (Å²) in [6, 6.07) is 5.44. The van der Waals surface area contributed by atoms with E-state index in [0.717, 1.165) is 4.90 Å². The number of ether oxygens (including phenoxy) is 1. The van der Waals surface area contributed by atoms with Gasteiger partial charge in [-0.1, -0.05) is 23.4 Å². The second-order valence-corrected chi connectivity index (χ2v) is 5.43. The van der Waals surface area contributed by atoms with E-state index < -0.39 is 4.93 Å². The Morgan fingerprint density at radius 3 is 2.50 bits per heavy atom. The number of thioether (sulfide) groups is 1. The maximum Gasteiger partial charge on any atom is 0.137 e. The Morgan fingerprint density at radius 1 is 1.43 bits per heavy atom. The fraction of sp³-hybridized carbons (Fsp3) is 0.400. The lowest BCUT2D eigenvalue weighted by Crippen LogP contribution is -2.11. The highest BCUT2D eigenvalue weighted by atomic mass is 35.5. The van der Waals surface area contributed by atoms with Crippen molar-refractivity contribution in [3.63, 3.8) is 0 Å². The normalized spacial score (nSPS) is 11.5. The predicted octanol–water partition coefficient (Wildman–Crippen LogP) is 3.17. The van der Waals surface area contributed by atoms with Gasteiger partial charge in [0.25, 0.3) is 0 Å². The Balaban J connectivity index is 2.87. The average Bonchev–Trinajstić information content (AvgIpc) is 2.01. The van der Waals surface area contributed by atoms with Crippen molar-refractivity contribution in [3.05, 3.63) is 23.2 Å². The molecule has 0 aliphatic heterocycles. The van der Waals surface area contributed by atoms with Crippen LogP contribution in [0.4, 0.5) is 0 Å². The molecule has 1 aromatic rings. The minimum absolute atomic E-state index is 0.557. The first-order valence-electron chi connectivity index (χ1n) is 4.17. The van der Waals surface area contributed by atoms with Gasteiger partial charge in [0, 0.05) is 4.90 Å². The third-order valence-corrected chi connectivity index (χ3v) is 2.78. The van der Waals surface area contributed by atoms with Gasteiger partial charge >= 0.3 is 0 Å². The number of methoxy groups -OCH3 is 1. The van der Waals surface area contributed by atoms with E-state index in [1.165, 1.54) is 11.8 Å². The van der Waals surface area contributed by atoms with E-state index in [1.54, 1.807) is 33.1 Å². The highest BCUT2D eigenvalue weighted by Gasteiger charge is 2.14. The van der Waals surface area contributed by atoms with Crippen molar-refractivity contribution in [1.29, 1.82) is 0 Å². The van der Waals surface area contributed by atoms with E-state index in [9.17, 15) is 5.11 Å². The predicted molar refractivity (Wildman–Crippen MR) is 60.2 cm³/mol. The Bertz CT molecular complexity index is 320. The van der Waals surface area contributed by atoms with Crippen molar-refractivity contribution in [2.75, 3.05) is 7.11 Å². The molecule has 0 atom stereocenters. The molecule has 0 radical (unpaired) electrons. The maximum atomic E-state index is 9.58. The molecule has 0 saturated heterocycles. The van der Waals surface area contributed by atoms with E-state index in [2.05, 4.69) is 0 Å². The quantitative estimate of drug-likeness (QED) is 0.641. The summed E-state index contributed by atoms with van der Waals surface area (Å²) in [6.07, 6.45) is 0.